The summed E-state index contributed by atoms with van der Waals surface area (Å²) in [5.41, 5.74) is 0.278. The fourth-order valence-corrected chi connectivity index (χ4v) is 1.52. The first-order valence-corrected chi connectivity index (χ1v) is 5.31. The van der Waals surface area contributed by atoms with Gasteiger partial charge in [-0.2, -0.15) is 0 Å². The summed E-state index contributed by atoms with van der Waals surface area (Å²) < 4.78 is 0. The number of aliphatic hydroxyl groups is 2. The Balaban J connectivity index is 4.13. The summed E-state index contributed by atoms with van der Waals surface area (Å²) in [5.74, 6) is 0.0942. The Morgan fingerprint density at radius 3 is 2.21 bits per heavy atom. The zero-order valence-electron chi connectivity index (χ0n) is 10.0. The van der Waals surface area contributed by atoms with Gasteiger partial charge in [0.2, 0.25) is 0 Å². The van der Waals surface area contributed by atoms with Crippen LogP contribution in [0.15, 0.2) is 11.6 Å². The van der Waals surface area contributed by atoms with E-state index in [4.69, 9.17) is 0 Å². The highest BCUT2D eigenvalue weighted by atomic mass is 16.3. The first kappa shape index (κ1) is 13.7. The maximum atomic E-state index is 9.99. The standard InChI is InChI=1S/C12H24O2/c1-9(2)7-6-8-12(5,14)11(13)10(3)4/h7,10-11,13-14H,6,8H2,1-5H3. The van der Waals surface area contributed by atoms with Gasteiger partial charge in [0.1, 0.15) is 0 Å². The van der Waals surface area contributed by atoms with Crippen LogP contribution in [0.2, 0.25) is 0 Å². The van der Waals surface area contributed by atoms with Crippen LogP contribution in [0, 0.1) is 5.92 Å². The molecule has 0 saturated heterocycles. The molecule has 0 bridgehead atoms. The quantitative estimate of drug-likeness (QED) is 0.669. The number of hydrogen-bond acceptors (Lipinski definition) is 2. The third kappa shape index (κ3) is 4.77. The van der Waals surface area contributed by atoms with E-state index in [1.165, 1.54) is 5.57 Å². The monoisotopic (exact) mass is 200 g/mol. The normalized spacial score (nSPS) is 17.7. The lowest BCUT2D eigenvalue weighted by atomic mass is 9.86. The predicted molar refractivity (Wildman–Crippen MR) is 60.1 cm³/mol. The molecule has 14 heavy (non-hydrogen) atoms. The fraction of sp³-hybridized carbons (Fsp3) is 0.833. The largest absolute Gasteiger partial charge is 0.390 e. The van der Waals surface area contributed by atoms with Gasteiger partial charge in [-0.05, 0) is 39.5 Å². The topological polar surface area (TPSA) is 40.5 Å². The van der Waals surface area contributed by atoms with Gasteiger partial charge in [0.25, 0.3) is 0 Å². The van der Waals surface area contributed by atoms with E-state index in [0.29, 0.717) is 6.42 Å². The zero-order valence-corrected chi connectivity index (χ0v) is 10.0. The molecule has 0 aliphatic heterocycles. The SMILES string of the molecule is CC(C)=CCCC(C)(O)C(O)C(C)C. The van der Waals surface area contributed by atoms with Crippen LogP contribution in [-0.2, 0) is 0 Å². The summed E-state index contributed by atoms with van der Waals surface area (Å²) in [6.07, 6.45) is 2.87. The van der Waals surface area contributed by atoms with Crippen molar-refractivity contribution in [2.75, 3.05) is 0 Å². The molecule has 2 N–H and O–H groups in total. The molecule has 0 amide bonds. The van der Waals surface area contributed by atoms with Crippen LogP contribution in [0.1, 0.15) is 47.5 Å². The minimum atomic E-state index is -0.972. The highest BCUT2D eigenvalue weighted by Crippen LogP contribution is 2.22. The molecule has 2 heteroatoms. The van der Waals surface area contributed by atoms with E-state index in [-0.39, 0.29) is 5.92 Å². The summed E-state index contributed by atoms with van der Waals surface area (Å²) in [6, 6.07) is 0. The smallest absolute Gasteiger partial charge is 0.0883 e. The highest BCUT2D eigenvalue weighted by molar-refractivity contribution is 4.95. The number of aliphatic hydroxyl groups excluding tert-OH is 1. The molecule has 0 spiro atoms. The van der Waals surface area contributed by atoms with Crippen molar-refractivity contribution in [1.29, 1.82) is 0 Å². The van der Waals surface area contributed by atoms with Crippen LogP contribution in [0.4, 0.5) is 0 Å². The van der Waals surface area contributed by atoms with Gasteiger partial charge in [-0.15, -0.1) is 0 Å². The summed E-state index contributed by atoms with van der Waals surface area (Å²) in [6.45, 7) is 9.61. The van der Waals surface area contributed by atoms with Gasteiger partial charge in [0, 0.05) is 0 Å². The molecule has 2 atom stereocenters. The molecule has 0 fully saturated rings. The van der Waals surface area contributed by atoms with E-state index in [0.717, 1.165) is 6.42 Å². The molecular weight excluding hydrogens is 176 g/mol. The van der Waals surface area contributed by atoms with E-state index in [1.807, 2.05) is 27.7 Å². The van der Waals surface area contributed by atoms with Crippen LogP contribution < -0.4 is 0 Å². The molecule has 0 aromatic carbocycles. The molecule has 0 aliphatic carbocycles. The average molecular weight is 200 g/mol. The summed E-state index contributed by atoms with van der Waals surface area (Å²) in [4.78, 5) is 0. The van der Waals surface area contributed by atoms with E-state index >= 15 is 0 Å². The maximum Gasteiger partial charge on any atom is 0.0883 e. The number of hydrogen-bond donors (Lipinski definition) is 2. The van der Waals surface area contributed by atoms with E-state index in [1.54, 1.807) is 6.92 Å². The van der Waals surface area contributed by atoms with Crippen molar-refractivity contribution in [2.24, 2.45) is 5.92 Å². The molecule has 0 aromatic heterocycles. The Morgan fingerprint density at radius 2 is 1.86 bits per heavy atom. The molecule has 2 nitrogen and oxygen atoms in total. The first-order valence-electron chi connectivity index (χ1n) is 5.31. The summed E-state index contributed by atoms with van der Waals surface area (Å²) in [5, 5.41) is 19.7. The van der Waals surface area contributed by atoms with E-state index in [2.05, 4.69) is 6.08 Å². The Morgan fingerprint density at radius 1 is 1.36 bits per heavy atom. The molecule has 2 unspecified atom stereocenters. The molecule has 84 valence electrons. The second-order valence-corrected chi connectivity index (χ2v) is 4.87. The second kappa shape index (κ2) is 5.52. The fourth-order valence-electron chi connectivity index (χ4n) is 1.52. The second-order valence-electron chi connectivity index (χ2n) is 4.87. The molecule has 0 aliphatic rings. The zero-order chi connectivity index (χ0) is 11.4. The highest BCUT2D eigenvalue weighted by Gasteiger charge is 2.31. The maximum absolute atomic E-state index is 9.99. The molecule has 0 heterocycles. The Kier molecular flexibility index (Phi) is 5.38. The van der Waals surface area contributed by atoms with Gasteiger partial charge in [-0.1, -0.05) is 25.5 Å². The van der Waals surface area contributed by atoms with Gasteiger partial charge in [-0.25, -0.2) is 0 Å². The van der Waals surface area contributed by atoms with Crippen molar-refractivity contribution in [1.82, 2.24) is 0 Å². The van der Waals surface area contributed by atoms with Gasteiger partial charge < -0.3 is 10.2 Å². The molecule has 0 rings (SSSR count). The molecular formula is C12H24O2. The van der Waals surface area contributed by atoms with Crippen LogP contribution in [0.5, 0.6) is 0 Å². The predicted octanol–water partition coefficient (Wildman–Crippen LogP) is 2.50. The van der Waals surface area contributed by atoms with Crippen LogP contribution in [0.25, 0.3) is 0 Å². The van der Waals surface area contributed by atoms with Gasteiger partial charge in [0.15, 0.2) is 0 Å². The van der Waals surface area contributed by atoms with Crippen LogP contribution in [0.3, 0.4) is 0 Å². The summed E-state index contributed by atoms with van der Waals surface area (Å²) >= 11 is 0. The van der Waals surface area contributed by atoms with Crippen molar-refractivity contribution < 1.29 is 10.2 Å². The first-order chi connectivity index (χ1) is 6.27. The molecule has 0 radical (unpaired) electrons. The van der Waals surface area contributed by atoms with Crippen LogP contribution >= 0.6 is 0 Å². The Labute approximate surface area is 87.7 Å². The van der Waals surface area contributed by atoms with Crippen molar-refractivity contribution in [3.05, 3.63) is 11.6 Å². The number of rotatable bonds is 5. The van der Waals surface area contributed by atoms with Crippen molar-refractivity contribution in [2.45, 2.75) is 59.2 Å². The van der Waals surface area contributed by atoms with E-state index < -0.39 is 11.7 Å². The number of allylic oxidation sites excluding steroid dienone is 2. The third-order valence-electron chi connectivity index (χ3n) is 2.47. The minimum Gasteiger partial charge on any atom is -0.390 e. The molecule has 0 aromatic rings. The minimum absolute atomic E-state index is 0.0942. The lowest BCUT2D eigenvalue weighted by Gasteiger charge is -2.31. The summed E-state index contributed by atoms with van der Waals surface area (Å²) in [7, 11) is 0. The lowest BCUT2D eigenvalue weighted by molar-refractivity contribution is -0.0863. The Hall–Kier alpha value is -0.340. The van der Waals surface area contributed by atoms with Gasteiger partial charge in [-0.3, -0.25) is 0 Å². The van der Waals surface area contributed by atoms with Crippen molar-refractivity contribution in [3.8, 4) is 0 Å². The van der Waals surface area contributed by atoms with Crippen molar-refractivity contribution in [3.63, 3.8) is 0 Å². The average Bonchev–Trinajstić information content (AvgIpc) is 2.01. The third-order valence-corrected chi connectivity index (χ3v) is 2.47. The van der Waals surface area contributed by atoms with Crippen LogP contribution in [-0.4, -0.2) is 21.9 Å². The Bertz CT molecular complexity index is 188. The van der Waals surface area contributed by atoms with Gasteiger partial charge in [0.05, 0.1) is 11.7 Å². The molecule has 0 saturated carbocycles. The van der Waals surface area contributed by atoms with Crippen molar-refractivity contribution >= 4 is 0 Å². The van der Waals surface area contributed by atoms with Gasteiger partial charge >= 0.3 is 0 Å². The lowest BCUT2D eigenvalue weighted by Crippen LogP contribution is -2.42. The van der Waals surface area contributed by atoms with E-state index in [9.17, 15) is 10.2 Å².